The number of ether oxygens (including phenoxy) is 1. The van der Waals surface area contributed by atoms with Crippen LogP contribution in [0.2, 0.25) is 5.02 Å². The van der Waals surface area contributed by atoms with E-state index in [-0.39, 0.29) is 33.3 Å². The van der Waals surface area contributed by atoms with Gasteiger partial charge in [-0.05, 0) is 48.9 Å². The number of hydrogen-bond donors (Lipinski definition) is 2. The van der Waals surface area contributed by atoms with Gasteiger partial charge in [-0.3, -0.25) is 19.6 Å². The number of carbonyl (C=O) groups is 1. The first-order valence-corrected chi connectivity index (χ1v) is 11.0. The van der Waals surface area contributed by atoms with Crippen LogP contribution in [0.15, 0.2) is 65.6 Å². The van der Waals surface area contributed by atoms with Crippen LogP contribution in [0.4, 0.5) is 17.1 Å². The molecule has 3 rings (SSSR count). The summed E-state index contributed by atoms with van der Waals surface area (Å²) in [6, 6.07) is 14.2. The predicted octanol–water partition coefficient (Wildman–Crippen LogP) is 4.62. The van der Waals surface area contributed by atoms with Crippen LogP contribution in [-0.4, -0.2) is 26.4 Å². The number of non-ortho nitro benzene ring substituents is 1. The lowest BCUT2D eigenvalue weighted by atomic mass is 10.1. The van der Waals surface area contributed by atoms with Crippen LogP contribution in [0, 0.1) is 17.0 Å². The second-order valence-electron chi connectivity index (χ2n) is 6.69. The van der Waals surface area contributed by atoms with Gasteiger partial charge in [0.1, 0.15) is 5.75 Å². The number of nitrogens with one attached hydrogen (secondary N) is 2. The van der Waals surface area contributed by atoms with E-state index in [1.54, 1.807) is 25.1 Å². The highest BCUT2D eigenvalue weighted by Gasteiger charge is 2.21. The number of amides is 1. The normalized spacial score (nSPS) is 11.0. The van der Waals surface area contributed by atoms with Crippen molar-refractivity contribution in [1.82, 2.24) is 0 Å². The molecule has 0 fully saturated rings. The zero-order chi connectivity index (χ0) is 23.5. The molecule has 0 aliphatic heterocycles. The minimum atomic E-state index is -3.99. The van der Waals surface area contributed by atoms with Crippen molar-refractivity contribution in [3.05, 3.63) is 86.9 Å². The molecule has 32 heavy (non-hydrogen) atoms. The molecule has 0 aliphatic rings. The fraction of sp³-hybridized carbons (Fsp3) is 0.0952. The summed E-state index contributed by atoms with van der Waals surface area (Å²) in [6.07, 6.45) is 0. The first-order valence-electron chi connectivity index (χ1n) is 9.13. The second kappa shape index (κ2) is 9.25. The number of sulfonamides is 1. The largest absolute Gasteiger partial charge is 0.496 e. The summed E-state index contributed by atoms with van der Waals surface area (Å²) in [6.45, 7) is 1.61. The lowest BCUT2D eigenvalue weighted by molar-refractivity contribution is -0.384. The molecule has 9 nitrogen and oxygen atoms in total. The van der Waals surface area contributed by atoms with Crippen LogP contribution >= 0.6 is 11.6 Å². The molecule has 0 aromatic heterocycles. The van der Waals surface area contributed by atoms with E-state index in [9.17, 15) is 23.3 Å². The molecule has 0 spiro atoms. The molecule has 11 heteroatoms. The Morgan fingerprint density at radius 3 is 2.47 bits per heavy atom. The number of halogens is 1. The Hall–Kier alpha value is -3.63. The van der Waals surface area contributed by atoms with Gasteiger partial charge < -0.3 is 10.1 Å². The highest BCUT2D eigenvalue weighted by Crippen LogP contribution is 2.27. The van der Waals surface area contributed by atoms with E-state index in [2.05, 4.69) is 10.0 Å². The summed E-state index contributed by atoms with van der Waals surface area (Å²) in [5.74, 6) is -0.559. The summed E-state index contributed by atoms with van der Waals surface area (Å²) in [4.78, 5) is 23.1. The summed E-state index contributed by atoms with van der Waals surface area (Å²) in [5, 5.41) is 14.0. The maximum Gasteiger partial charge on any atom is 0.270 e. The number of methoxy groups -OCH3 is 1. The molecule has 0 heterocycles. The van der Waals surface area contributed by atoms with Gasteiger partial charge in [-0.2, -0.15) is 0 Å². The monoisotopic (exact) mass is 475 g/mol. The summed E-state index contributed by atoms with van der Waals surface area (Å²) in [5.41, 5.74) is 0.566. The van der Waals surface area contributed by atoms with Gasteiger partial charge in [-0.15, -0.1) is 0 Å². The van der Waals surface area contributed by atoms with E-state index < -0.39 is 20.9 Å². The van der Waals surface area contributed by atoms with Crippen molar-refractivity contribution in [2.75, 3.05) is 17.1 Å². The Morgan fingerprint density at radius 2 is 1.81 bits per heavy atom. The topological polar surface area (TPSA) is 128 Å². The van der Waals surface area contributed by atoms with Crippen LogP contribution in [0.25, 0.3) is 0 Å². The van der Waals surface area contributed by atoms with Gasteiger partial charge in [0.05, 0.1) is 28.2 Å². The molecule has 166 valence electrons. The number of rotatable bonds is 7. The summed E-state index contributed by atoms with van der Waals surface area (Å²) >= 11 is 5.91. The van der Waals surface area contributed by atoms with Gasteiger partial charge in [0.25, 0.3) is 21.6 Å². The van der Waals surface area contributed by atoms with Crippen molar-refractivity contribution >= 4 is 44.6 Å². The Morgan fingerprint density at radius 1 is 1.06 bits per heavy atom. The highest BCUT2D eigenvalue weighted by atomic mass is 35.5. The minimum absolute atomic E-state index is 0.0544. The van der Waals surface area contributed by atoms with Crippen LogP contribution < -0.4 is 14.8 Å². The van der Waals surface area contributed by atoms with E-state index in [0.29, 0.717) is 10.6 Å². The standard InChI is InChI=1S/C21H18ClN3O6S/c1-13-6-7-15(11-20(13)32(29,30)24-16-5-3-4-14(22)10-16)23-21(26)18-12-17(25(27)28)8-9-19(18)31-2/h3-12,24H,1-2H3,(H,23,26). The molecule has 0 saturated heterocycles. The van der Waals surface area contributed by atoms with Crippen molar-refractivity contribution in [2.45, 2.75) is 11.8 Å². The van der Waals surface area contributed by atoms with Crippen molar-refractivity contribution in [1.29, 1.82) is 0 Å². The molecule has 1 amide bonds. The van der Waals surface area contributed by atoms with Gasteiger partial charge in [0.2, 0.25) is 0 Å². The van der Waals surface area contributed by atoms with E-state index in [1.165, 1.54) is 43.5 Å². The van der Waals surface area contributed by atoms with Crippen molar-refractivity contribution in [2.24, 2.45) is 0 Å². The van der Waals surface area contributed by atoms with Crippen molar-refractivity contribution < 1.29 is 22.9 Å². The quantitative estimate of drug-likeness (QED) is 0.379. The fourth-order valence-electron chi connectivity index (χ4n) is 2.91. The average Bonchev–Trinajstić information content (AvgIpc) is 2.74. The predicted molar refractivity (Wildman–Crippen MR) is 121 cm³/mol. The number of anilines is 2. The minimum Gasteiger partial charge on any atom is -0.496 e. The van der Waals surface area contributed by atoms with Gasteiger partial charge in [0.15, 0.2) is 0 Å². The smallest absolute Gasteiger partial charge is 0.270 e. The molecule has 3 aromatic carbocycles. The molecule has 0 bridgehead atoms. The maximum atomic E-state index is 12.9. The second-order valence-corrected chi connectivity index (χ2v) is 8.78. The SMILES string of the molecule is COc1ccc([N+](=O)[O-])cc1C(=O)Nc1ccc(C)c(S(=O)(=O)Nc2cccc(Cl)c2)c1. The van der Waals surface area contributed by atoms with Crippen molar-refractivity contribution in [3.8, 4) is 5.75 Å². The first-order chi connectivity index (χ1) is 15.1. The molecule has 0 aliphatic carbocycles. The van der Waals surface area contributed by atoms with Crippen LogP contribution in [0.1, 0.15) is 15.9 Å². The number of benzene rings is 3. The first kappa shape index (κ1) is 23.0. The molecule has 0 atom stereocenters. The van der Waals surface area contributed by atoms with E-state index in [4.69, 9.17) is 16.3 Å². The van der Waals surface area contributed by atoms with Crippen LogP contribution in [0.3, 0.4) is 0 Å². The number of nitro groups is 1. The van der Waals surface area contributed by atoms with Gasteiger partial charge in [-0.25, -0.2) is 8.42 Å². The maximum absolute atomic E-state index is 12.9. The van der Waals surface area contributed by atoms with Crippen LogP contribution in [-0.2, 0) is 10.0 Å². The number of aryl methyl sites for hydroxylation is 1. The third-order valence-corrected chi connectivity index (χ3v) is 6.21. The third-order valence-electron chi connectivity index (χ3n) is 4.45. The molecule has 2 N–H and O–H groups in total. The van der Waals surface area contributed by atoms with Crippen molar-refractivity contribution in [3.63, 3.8) is 0 Å². The molecular weight excluding hydrogens is 458 g/mol. The molecule has 0 radical (unpaired) electrons. The number of nitro benzene ring substituents is 1. The van der Waals surface area contributed by atoms with E-state index in [1.807, 2.05) is 0 Å². The Balaban J connectivity index is 1.91. The van der Waals surface area contributed by atoms with Crippen LogP contribution in [0.5, 0.6) is 5.75 Å². The highest BCUT2D eigenvalue weighted by molar-refractivity contribution is 7.92. The zero-order valence-electron chi connectivity index (χ0n) is 17.0. The molecule has 3 aromatic rings. The Bertz CT molecular complexity index is 1310. The number of carbonyl (C=O) groups excluding carboxylic acids is 1. The van der Waals surface area contributed by atoms with Gasteiger partial charge in [0, 0.05) is 22.8 Å². The summed E-state index contributed by atoms with van der Waals surface area (Å²) in [7, 11) is -2.66. The lowest BCUT2D eigenvalue weighted by Crippen LogP contribution is -2.16. The number of nitrogens with zero attached hydrogens (tertiary/aromatic N) is 1. The third kappa shape index (κ3) is 5.16. The van der Waals surface area contributed by atoms with Gasteiger partial charge >= 0.3 is 0 Å². The molecule has 0 saturated carbocycles. The molecule has 0 unspecified atom stereocenters. The fourth-order valence-corrected chi connectivity index (χ4v) is 4.43. The van der Waals surface area contributed by atoms with Gasteiger partial charge in [-0.1, -0.05) is 23.7 Å². The Kier molecular flexibility index (Phi) is 6.66. The number of hydrogen-bond acceptors (Lipinski definition) is 6. The average molecular weight is 476 g/mol. The van der Waals surface area contributed by atoms with E-state index in [0.717, 1.165) is 6.07 Å². The summed E-state index contributed by atoms with van der Waals surface area (Å²) < 4.78 is 33.4. The zero-order valence-corrected chi connectivity index (χ0v) is 18.5. The van der Waals surface area contributed by atoms with E-state index >= 15 is 0 Å². The lowest BCUT2D eigenvalue weighted by Gasteiger charge is -2.13. The Labute approximate surface area is 189 Å². The molecular formula is C21H18ClN3O6S.